The zero-order valence-corrected chi connectivity index (χ0v) is 14.3. The molecule has 0 atom stereocenters. The van der Waals surface area contributed by atoms with Gasteiger partial charge in [-0.25, -0.2) is 13.2 Å². The molecule has 3 rings (SSSR count). The van der Waals surface area contributed by atoms with E-state index in [4.69, 9.17) is 4.42 Å². The Hall–Kier alpha value is -2.59. The molecule has 25 heavy (non-hydrogen) atoms. The number of carbonyl (C=O) groups excluding carboxylic acids is 2. The van der Waals surface area contributed by atoms with E-state index >= 15 is 0 Å². The van der Waals surface area contributed by atoms with Crippen LogP contribution in [-0.2, 0) is 14.8 Å². The zero-order valence-electron chi connectivity index (χ0n) is 13.5. The summed E-state index contributed by atoms with van der Waals surface area (Å²) in [6.07, 6.45) is 2.67. The highest BCUT2D eigenvalue weighted by molar-refractivity contribution is 7.89. The number of ether oxygens (including phenoxy) is 1. The molecular formula is C15H17N3O6S. The number of H-pyrrole nitrogens is 1. The molecule has 0 radical (unpaired) electrons. The number of sulfonamides is 1. The van der Waals surface area contributed by atoms with Gasteiger partial charge in [0.15, 0.2) is 5.76 Å². The Morgan fingerprint density at radius 2 is 1.96 bits per heavy atom. The molecule has 0 saturated carbocycles. The number of carbonyl (C=O) groups is 2. The van der Waals surface area contributed by atoms with Crippen molar-refractivity contribution in [1.82, 2.24) is 14.2 Å². The van der Waals surface area contributed by atoms with E-state index in [2.05, 4.69) is 9.72 Å². The van der Waals surface area contributed by atoms with E-state index in [-0.39, 0.29) is 48.4 Å². The highest BCUT2D eigenvalue weighted by atomic mass is 32.2. The molecule has 2 aromatic heterocycles. The van der Waals surface area contributed by atoms with Gasteiger partial charge in [0.2, 0.25) is 10.0 Å². The first-order chi connectivity index (χ1) is 11.9. The number of furan rings is 1. The molecule has 3 heterocycles. The highest BCUT2D eigenvalue weighted by Crippen LogP contribution is 2.19. The van der Waals surface area contributed by atoms with E-state index in [0.29, 0.717) is 0 Å². The lowest BCUT2D eigenvalue weighted by Gasteiger charge is -2.33. The predicted molar refractivity (Wildman–Crippen MR) is 85.5 cm³/mol. The van der Waals surface area contributed by atoms with E-state index in [9.17, 15) is 18.0 Å². The summed E-state index contributed by atoms with van der Waals surface area (Å²) in [6.45, 7) is 0.834. The first kappa shape index (κ1) is 17.2. The van der Waals surface area contributed by atoms with Crippen molar-refractivity contribution in [2.24, 2.45) is 0 Å². The fourth-order valence-corrected chi connectivity index (χ4v) is 4.00. The average Bonchev–Trinajstić information content (AvgIpc) is 3.32. The second-order valence-corrected chi connectivity index (χ2v) is 7.35. The van der Waals surface area contributed by atoms with Crippen molar-refractivity contribution in [2.75, 3.05) is 33.3 Å². The van der Waals surface area contributed by atoms with Gasteiger partial charge in [-0.15, -0.1) is 0 Å². The highest BCUT2D eigenvalue weighted by Gasteiger charge is 2.32. The van der Waals surface area contributed by atoms with Crippen LogP contribution in [-0.4, -0.2) is 67.8 Å². The van der Waals surface area contributed by atoms with Crippen molar-refractivity contribution < 1.29 is 27.2 Å². The van der Waals surface area contributed by atoms with Crippen LogP contribution >= 0.6 is 0 Å². The van der Waals surface area contributed by atoms with Gasteiger partial charge in [0.25, 0.3) is 5.91 Å². The summed E-state index contributed by atoms with van der Waals surface area (Å²) in [5, 5.41) is 0. The Balaban J connectivity index is 1.68. The topological polar surface area (TPSA) is 113 Å². The Kier molecular flexibility index (Phi) is 4.64. The van der Waals surface area contributed by atoms with Crippen LogP contribution in [0.15, 0.2) is 40.0 Å². The molecule has 1 N–H and O–H groups in total. The SMILES string of the molecule is COC(=O)c1cc(S(=O)(=O)N2CCN(C(=O)c3ccco3)CC2)c[nH]1. The van der Waals surface area contributed by atoms with Crippen molar-refractivity contribution in [3.8, 4) is 0 Å². The van der Waals surface area contributed by atoms with Crippen molar-refractivity contribution >= 4 is 21.9 Å². The van der Waals surface area contributed by atoms with E-state index in [0.717, 1.165) is 0 Å². The molecule has 0 aromatic carbocycles. The minimum atomic E-state index is -3.75. The summed E-state index contributed by atoms with van der Waals surface area (Å²) in [5.41, 5.74) is 0.0627. The van der Waals surface area contributed by atoms with Crippen LogP contribution in [0.5, 0.6) is 0 Å². The largest absolute Gasteiger partial charge is 0.464 e. The number of nitrogens with one attached hydrogen (secondary N) is 1. The van der Waals surface area contributed by atoms with Gasteiger partial charge in [0, 0.05) is 32.4 Å². The van der Waals surface area contributed by atoms with Gasteiger partial charge in [-0.1, -0.05) is 0 Å². The van der Waals surface area contributed by atoms with Gasteiger partial charge < -0.3 is 19.0 Å². The molecule has 1 amide bonds. The lowest BCUT2D eigenvalue weighted by Crippen LogP contribution is -2.50. The van der Waals surface area contributed by atoms with Crippen LogP contribution in [0.2, 0.25) is 0 Å². The van der Waals surface area contributed by atoms with Gasteiger partial charge in [-0.3, -0.25) is 4.79 Å². The lowest BCUT2D eigenvalue weighted by atomic mass is 10.3. The quantitative estimate of drug-likeness (QED) is 0.789. The molecule has 1 aliphatic heterocycles. The first-order valence-corrected chi connectivity index (χ1v) is 8.97. The molecule has 0 spiro atoms. The second kappa shape index (κ2) is 6.73. The fraction of sp³-hybridized carbons (Fsp3) is 0.333. The van der Waals surface area contributed by atoms with E-state index in [1.807, 2.05) is 0 Å². The average molecular weight is 367 g/mol. The third-order valence-corrected chi connectivity index (χ3v) is 5.83. The monoisotopic (exact) mass is 367 g/mol. The van der Waals surface area contributed by atoms with Crippen molar-refractivity contribution in [3.63, 3.8) is 0 Å². The number of aromatic nitrogens is 1. The fourth-order valence-electron chi connectivity index (χ4n) is 2.59. The maximum absolute atomic E-state index is 12.6. The van der Waals surface area contributed by atoms with Crippen LogP contribution in [0.25, 0.3) is 0 Å². The number of amides is 1. The number of methoxy groups -OCH3 is 1. The summed E-state index contributed by atoms with van der Waals surface area (Å²) in [7, 11) is -2.54. The van der Waals surface area contributed by atoms with Crippen molar-refractivity contribution in [2.45, 2.75) is 4.90 Å². The third-order valence-electron chi connectivity index (χ3n) is 3.96. The maximum atomic E-state index is 12.6. The molecule has 1 fully saturated rings. The molecule has 0 aliphatic carbocycles. The summed E-state index contributed by atoms with van der Waals surface area (Å²) in [4.78, 5) is 27.8. The number of piperazine rings is 1. The number of nitrogens with zero attached hydrogens (tertiary/aromatic N) is 2. The summed E-state index contributed by atoms with van der Waals surface area (Å²) >= 11 is 0. The molecule has 10 heteroatoms. The number of rotatable bonds is 4. The summed E-state index contributed by atoms with van der Waals surface area (Å²) in [5.74, 6) is -0.684. The van der Waals surface area contributed by atoms with Gasteiger partial charge in [0.05, 0.1) is 13.4 Å². The van der Waals surface area contributed by atoms with Crippen LogP contribution in [0.1, 0.15) is 21.0 Å². The Labute approximate surface area is 144 Å². The molecule has 2 aromatic rings. The zero-order chi connectivity index (χ0) is 18.0. The second-order valence-electron chi connectivity index (χ2n) is 5.41. The molecule has 9 nitrogen and oxygen atoms in total. The number of hydrogen-bond acceptors (Lipinski definition) is 6. The van der Waals surface area contributed by atoms with E-state index < -0.39 is 16.0 Å². The Morgan fingerprint density at radius 3 is 2.56 bits per heavy atom. The Morgan fingerprint density at radius 1 is 1.24 bits per heavy atom. The molecule has 134 valence electrons. The Bertz CT molecular complexity index is 863. The van der Waals surface area contributed by atoms with E-state index in [1.165, 1.54) is 29.9 Å². The van der Waals surface area contributed by atoms with E-state index in [1.54, 1.807) is 17.0 Å². The van der Waals surface area contributed by atoms with Gasteiger partial charge >= 0.3 is 5.97 Å². The predicted octanol–water partition coefficient (Wildman–Crippen LogP) is 0.541. The minimum Gasteiger partial charge on any atom is -0.464 e. The molecule has 0 bridgehead atoms. The van der Waals surface area contributed by atoms with Crippen LogP contribution in [0, 0.1) is 0 Å². The normalized spacial score (nSPS) is 16.0. The lowest BCUT2D eigenvalue weighted by molar-refractivity contribution is 0.0594. The summed E-state index contributed by atoms with van der Waals surface area (Å²) in [6, 6.07) is 4.43. The van der Waals surface area contributed by atoms with Gasteiger partial charge in [-0.2, -0.15) is 4.31 Å². The smallest absolute Gasteiger partial charge is 0.354 e. The van der Waals surface area contributed by atoms with Crippen molar-refractivity contribution in [1.29, 1.82) is 0 Å². The number of aromatic amines is 1. The molecular weight excluding hydrogens is 350 g/mol. The van der Waals surface area contributed by atoms with Crippen molar-refractivity contribution in [3.05, 3.63) is 42.1 Å². The first-order valence-electron chi connectivity index (χ1n) is 7.53. The molecule has 1 saturated heterocycles. The summed E-state index contributed by atoms with van der Waals surface area (Å²) < 4.78 is 36.2. The van der Waals surface area contributed by atoms with Gasteiger partial charge in [-0.05, 0) is 18.2 Å². The molecule has 1 aliphatic rings. The molecule has 0 unspecified atom stereocenters. The van der Waals surface area contributed by atoms with Crippen LogP contribution in [0.4, 0.5) is 0 Å². The maximum Gasteiger partial charge on any atom is 0.354 e. The third kappa shape index (κ3) is 3.30. The minimum absolute atomic E-state index is 0.0151. The van der Waals surface area contributed by atoms with Gasteiger partial charge in [0.1, 0.15) is 10.6 Å². The standard InChI is InChI=1S/C15H17N3O6S/c1-23-15(20)12-9-11(10-16-12)25(21,22)18-6-4-17(5-7-18)14(19)13-3-2-8-24-13/h2-3,8-10,16H,4-7H2,1H3. The van der Waals surface area contributed by atoms with Crippen LogP contribution in [0.3, 0.4) is 0 Å². The van der Waals surface area contributed by atoms with Crippen LogP contribution < -0.4 is 0 Å². The number of esters is 1. The number of hydrogen-bond donors (Lipinski definition) is 1.